The topological polar surface area (TPSA) is 93.8 Å². The molecule has 0 aliphatic carbocycles. The van der Waals surface area contributed by atoms with Gasteiger partial charge in [-0.1, -0.05) is 0 Å². The molecular formula is C17H12N4O3. The van der Waals surface area contributed by atoms with Crippen molar-refractivity contribution in [3.8, 4) is 0 Å². The van der Waals surface area contributed by atoms with Crippen molar-refractivity contribution in [1.29, 1.82) is 0 Å². The number of carbonyl (C=O) groups excluding carboxylic acids is 1. The van der Waals surface area contributed by atoms with Gasteiger partial charge in [-0.25, -0.2) is 4.68 Å². The minimum absolute atomic E-state index is 0.0752. The highest BCUT2D eigenvalue weighted by Crippen LogP contribution is 2.12. The van der Waals surface area contributed by atoms with E-state index >= 15 is 0 Å². The number of pyridine rings is 2. The van der Waals surface area contributed by atoms with Crippen molar-refractivity contribution >= 4 is 16.8 Å². The van der Waals surface area contributed by atoms with E-state index in [1.165, 1.54) is 24.8 Å². The van der Waals surface area contributed by atoms with Crippen LogP contribution in [0, 0.1) is 0 Å². The maximum atomic E-state index is 12.6. The second-order valence-electron chi connectivity index (χ2n) is 5.24. The third-order valence-corrected chi connectivity index (χ3v) is 3.75. The Bertz CT molecular complexity index is 1060. The van der Waals surface area contributed by atoms with Crippen LogP contribution in [0.4, 0.5) is 0 Å². The van der Waals surface area contributed by atoms with Crippen LogP contribution in [0.5, 0.6) is 0 Å². The lowest BCUT2D eigenvalue weighted by molar-refractivity contribution is 0.103. The summed E-state index contributed by atoms with van der Waals surface area (Å²) in [6.45, 7) is 0.393. The van der Waals surface area contributed by atoms with Crippen molar-refractivity contribution in [3.05, 3.63) is 82.4 Å². The molecular weight excluding hydrogens is 308 g/mol. The number of nitrogens with zero attached hydrogens (tertiary/aromatic N) is 3. The molecule has 0 aromatic carbocycles. The van der Waals surface area contributed by atoms with Gasteiger partial charge in [0.25, 0.3) is 0 Å². The molecule has 7 heteroatoms. The Balaban J connectivity index is 1.77. The third kappa shape index (κ3) is 2.32. The van der Waals surface area contributed by atoms with Gasteiger partial charge in [0.05, 0.1) is 23.4 Å². The Hall–Kier alpha value is -3.48. The first kappa shape index (κ1) is 14.1. The fourth-order valence-electron chi connectivity index (χ4n) is 2.55. The normalized spacial score (nSPS) is 11.0. The molecule has 24 heavy (non-hydrogen) atoms. The van der Waals surface area contributed by atoms with Crippen LogP contribution in [0.1, 0.15) is 21.7 Å². The molecule has 7 nitrogen and oxygen atoms in total. The maximum Gasteiger partial charge on any atom is 0.203 e. The fourth-order valence-corrected chi connectivity index (χ4v) is 2.55. The summed E-state index contributed by atoms with van der Waals surface area (Å²) < 4.78 is 6.91. The van der Waals surface area contributed by atoms with Crippen molar-refractivity contribution < 1.29 is 9.21 Å². The van der Waals surface area contributed by atoms with E-state index in [4.69, 9.17) is 4.42 Å². The van der Waals surface area contributed by atoms with Crippen LogP contribution in [-0.2, 0) is 6.54 Å². The zero-order chi connectivity index (χ0) is 16.5. The molecule has 4 heterocycles. The summed E-state index contributed by atoms with van der Waals surface area (Å²) >= 11 is 0. The predicted octanol–water partition coefficient (Wildman–Crippen LogP) is 1.99. The summed E-state index contributed by atoms with van der Waals surface area (Å²) in [5.74, 6) is 0.372. The second kappa shape index (κ2) is 5.62. The van der Waals surface area contributed by atoms with Gasteiger partial charge < -0.3 is 9.40 Å². The monoisotopic (exact) mass is 320 g/mol. The molecule has 0 saturated heterocycles. The zero-order valence-electron chi connectivity index (χ0n) is 12.5. The van der Waals surface area contributed by atoms with Gasteiger partial charge >= 0.3 is 0 Å². The lowest BCUT2D eigenvalue weighted by Crippen LogP contribution is -2.17. The summed E-state index contributed by atoms with van der Waals surface area (Å²) in [4.78, 5) is 32.0. The summed E-state index contributed by atoms with van der Waals surface area (Å²) in [5.41, 5.74) is 0.683. The minimum atomic E-state index is -0.351. The van der Waals surface area contributed by atoms with Crippen LogP contribution in [0.2, 0.25) is 0 Å². The van der Waals surface area contributed by atoms with Crippen molar-refractivity contribution in [2.45, 2.75) is 6.54 Å². The van der Waals surface area contributed by atoms with Gasteiger partial charge in [-0.2, -0.15) is 5.10 Å². The summed E-state index contributed by atoms with van der Waals surface area (Å²) in [6, 6.07) is 6.76. The predicted molar refractivity (Wildman–Crippen MR) is 85.8 cm³/mol. The van der Waals surface area contributed by atoms with E-state index < -0.39 is 0 Å². The van der Waals surface area contributed by atoms with E-state index in [9.17, 15) is 9.59 Å². The number of ketones is 1. The summed E-state index contributed by atoms with van der Waals surface area (Å²) in [6.07, 6.45) is 7.49. The SMILES string of the molecule is O=C(c1ccncc1)c1c[nH]c2c(cnn2Cc2ccco2)c1=O. The molecule has 1 N–H and O–H groups in total. The number of hydrogen-bond donors (Lipinski definition) is 1. The molecule has 4 aromatic rings. The van der Waals surface area contributed by atoms with Crippen LogP contribution in [0.3, 0.4) is 0 Å². The highest BCUT2D eigenvalue weighted by molar-refractivity contribution is 6.09. The van der Waals surface area contributed by atoms with Crippen molar-refractivity contribution in [3.63, 3.8) is 0 Å². The van der Waals surface area contributed by atoms with E-state index in [1.807, 2.05) is 6.07 Å². The van der Waals surface area contributed by atoms with Gasteiger partial charge in [-0.05, 0) is 24.3 Å². The molecule has 0 amide bonds. The highest BCUT2D eigenvalue weighted by Gasteiger charge is 2.17. The third-order valence-electron chi connectivity index (χ3n) is 3.75. The van der Waals surface area contributed by atoms with Gasteiger partial charge in [-0.3, -0.25) is 14.6 Å². The smallest absolute Gasteiger partial charge is 0.203 e. The average molecular weight is 320 g/mol. The molecule has 0 fully saturated rings. The summed E-state index contributed by atoms with van der Waals surface area (Å²) in [5, 5.41) is 4.57. The van der Waals surface area contributed by atoms with Gasteiger partial charge in [0.2, 0.25) is 5.43 Å². The van der Waals surface area contributed by atoms with E-state index in [0.29, 0.717) is 23.1 Å². The zero-order valence-corrected chi connectivity index (χ0v) is 12.5. The maximum absolute atomic E-state index is 12.6. The lowest BCUT2D eigenvalue weighted by atomic mass is 10.1. The van der Waals surface area contributed by atoms with E-state index in [0.717, 1.165) is 5.76 Å². The Labute approximate surface area is 135 Å². The summed E-state index contributed by atoms with van der Waals surface area (Å²) in [7, 11) is 0. The number of nitrogens with one attached hydrogen (secondary N) is 1. The van der Waals surface area contributed by atoms with Gasteiger partial charge in [0, 0.05) is 24.2 Å². The molecule has 0 radical (unpaired) electrons. The van der Waals surface area contributed by atoms with Crippen LogP contribution < -0.4 is 5.43 Å². The molecule has 118 valence electrons. The number of rotatable bonds is 4. The van der Waals surface area contributed by atoms with Gasteiger partial charge in [0.1, 0.15) is 18.0 Å². The van der Waals surface area contributed by atoms with Crippen molar-refractivity contribution in [1.82, 2.24) is 19.7 Å². The molecule has 0 spiro atoms. The standard InChI is InChI=1S/C17H12N4O3/c22-15(11-3-5-18-6-4-11)13-8-19-17-14(16(13)23)9-20-21(17)10-12-2-1-7-24-12/h1-9H,10H2,(H,19,23). The lowest BCUT2D eigenvalue weighted by Gasteiger charge is -2.03. The molecule has 0 atom stereocenters. The number of fused-ring (bicyclic) bond motifs is 1. The fraction of sp³-hybridized carbons (Fsp3) is 0.0588. The van der Waals surface area contributed by atoms with E-state index in [-0.39, 0.29) is 16.8 Å². The first-order chi connectivity index (χ1) is 11.7. The van der Waals surface area contributed by atoms with Crippen LogP contribution >= 0.6 is 0 Å². The van der Waals surface area contributed by atoms with Crippen molar-refractivity contribution in [2.24, 2.45) is 0 Å². The molecule has 0 bridgehead atoms. The quantitative estimate of drug-likeness (QED) is 0.580. The van der Waals surface area contributed by atoms with Gasteiger partial charge in [0.15, 0.2) is 5.78 Å². The number of carbonyl (C=O) groups is 1. The number of aromatic nitrogens is 4. The molecule has 4 rings (SSSR count). The number of hydrogen-bond acceptors (Lipinski definition) is 5. The van der Waals surface area contributed by atoms with Crippen molar-refractivity contribution in [2.75, 3.05) is 0 Å². The number of H-pyrrole nitrogens is 1. The Kier molecular flexibility index (Phi) is 3.31. The Morgan fingerprint density at radius 2 is 2.08 bits per heavy atom. The van der Waals surface area contributed by atoms with Crippen LogP contribution in [0.25, 0.3) is 11.0 Å². The second-order valence-corrected chi connectivity index (χ2v) is 5.24. The molecule has 0 aliphatic rings. The van der Waals surface area contributed by atoms with E-state index in [1.54, 1.807) is 29.1 Å². The molecule has 0 unspecified atom stereocenters. The highest BCUT2D eigenvalue weighted by atomic mass is 16.3. The first-order valence-corrected chi connectivity index (χ1v) is 7.28. The van der Waals surface area contributed by atoms with E-state index in [2.05, 4.69) is 15.1 Å². The number of furan rings is 1. The molecule has 0 aliphatic heterocycles. The Morgan fingerprint density at radius 3 is 2.83 bits per heavy atom. The van der Waals surface area contributed by atoms with Crippen LogP contribution in [-0.4, -0.2) is 25.5 Å². The molecule has 4 aromatic heterocycles. The average Bonchev–Trinajstić information content (AvgIpc) is 3.27. The molecule has 0 saturated carbocycles. The van der Waals surface area contributed by atoms with Gasteiger partial charge in [-0.15, -0.1) is 0 Å². The largest absolute Gasteiger partial charge is 0.467 e. The number of aromatic amines is 1. The Morgan fingerprint density at radius 1 is 1.25 bits per heavy atom. The van der Waals surface area contributed by atoms with Crippen LogP contribution in [0.15, 0.2) is 64.5 Å². The minimum Gasteiger partial charge on any atom is -0.467 e. The first-order valence-electron chi connectivity index (χ1n) is 7.28.